The summed E-state index contributed by atoms with van der Waals surface area (Å²) in [6.45, 7) is 9.77. The summed E-state index contributed by atoms with van der Waals surface area (Å²) >= 11 is 0. The molecule has 2 N–H and O–H groups in total. The minimum atomic E-state index is -0.471. The molecule has 0 radical (unpaired) electrons. The van der Waals surface area contributed by atoms with Crippen LogP contribution in [0.4, 0.5) is 10.5 Å². The van der Waals surface area contributed by atoms with Crippen LogP contribution in [-0.4, -0.2) is 29.8 Å². The van der Waals surface area contributed by atoms with Gasteiger partial charge in [0.05, 0.1) is 5.70 Å². The first-order chi connectivity index (χ1) is 14.7. The van der Waals surface area contributed by atoms with E-state index in [0.717, 1.165) is 29.8 Å². The number of nitrogens with one attached hydrogen (secondary N) is 2. The third-order valence-electron chi connectivity index (χ3n) is 5.91. The van der Waals surface area contributed by atoms with Crippen molar-refractivity contribution in [2.45, 2.75) is 51.6 Å². The number of carbonyl (C=O) groups is 1. The fourth-order valence-electron chi connectivity index (χ4n) is 3.87. The lowest BCUT2D eigenvalue weighted by atomic mass is 9.87. The Balaban J connectivity index is 1.29. The van der Waals surface area contributed by atoms with Crippen LogP contribution < -0.4 is 10.8 Å². The summed E-state index contributed by atoms with van der Waals surface area (Å²) in [7, 11) is 0. The Morgan fingerprint density at radius 2 is 1.71 bits per heavy atom. The van der Waals surface area contributed by atoms with Crippen LogP contribution >= 0.6 is 0 Å². The third kappa shape index (κ3) is 5.09. The third-order valence-corrected chi connectivity index (χ3v) is 5.91. The summed E-state index contributed by atoms with van der Waals surface area (Å²) in [5, 5.41) is 4.50. The molecular weight excluding hydrogens is 390 g/mol. The molecule has 2 aromatic rings. The summed E-state index contributed by atoms with van der Waals surface area (Å²) in [6.07, 6.45) is 3.17. The van der Waals surface area contributed by atoms with E-state index in [0.29, 0.717) is 13.1 Å². The monoisotopic (exact) mass is 421 g/mol. The predicted molar refractivity (Wildman–Crippen MR) is 122 cm³/mol. The zero-order chi connectivity index (χ0) is 22.1. The van der Waals surface area contributed by atoms with E-state index < -0.39 is 6.09 Å². The first-order valence-electron chi connectivity index (χ1n) is 10.8. The van der Waals surface area contributed by atoms with E-state index in [1.54, 1.807) is 5.06 Å². The molecule has 4 rings (SSSR count). The van der Waals surface area contributed by atoms with Gasteiger partial charge in [-0.15, -0.1) is 5.06 Å². The van der Waals surface area contributed by atoms with Gasteiger partial charge in [0, 0.05) is 18.8 Å². The second-order valence-electron chi connectivity index (χ2n) is 9.45. The quantitative estimate of drug-likeness (QED) is 0.716. The highest BCUT2D eigenvalue weighted by Crippen LogP contribution is 2.34. The fourth-order valence-corrected chi connectivity index (χ4v) is 3.87. The summed E-state index contributed by atoms with van der Waals surface area (Å²) < 4.78 is 0. The fraction of sp³-hybridized carbons (Fsp3) is 0.400. The molecule has 6 nitrogen and oxygen atoms in total. The zero-order valence-electron chi connectivity index (χ0n) is 18.7. The molecule has 0 atom stereocenters. The van der Waals surface area contributed by atoms with Crippen LogP contribution in [0.15, 0.2) is 54.6 Å². The topological polar surface area (TPSA) is 62.8 Å². The molecule has 1 saturated heterocycles. The normalized spacial score (nSPS) is 18.4. The van der Waals surface area contributed by atoms with Gasteiger partial charge >= 0.3 is 6.09 Å². The van der Waals surface area contributed by atoms with Crippen molar-refractivity contribution in [1.29, 1.82) is 0 Å². The van der Waals surface area contributed by atoms with Gasteiger partial charge in [-0.3, -0.25) is 15.6 Å². The largest absolute Gasteiger partial charge is 0.430 e. The van der Waals surface area contributed by atoms with Crippen molar-refractivity contribution in [3.63, 3.8) is 0 Å². The van der Waals surface area contributed by atoms with Crippen molar-refractivity contribution in [2.24, 2.45) is 0 Å². The highest BCUT2D eigenvalue weighted by atomic mass is 16.7. The molecule has 164 valence electrons. The maximum atomic E-state index is 12.3. The highest BCUT2D eigenvalue weighted by molar-refractivity contribution is 5.84. The van der Waals surface area contributed by atoms with Gasteiger partial charge in [-0.25, -0.2) is 4.79 Å². The molecule has 0 unspecified atom stereocenters. The lowest BCUT2D eigenvalue weighted by Crippen LogP contribution is -2.45. The van der Waals surface area contributed by atoms with Gasteiger partial charge in [-0.05, 0) is 54.5 Å². The number of hydrogen-bond donors (Lipinski definition) is 2. The number of amides is 1. The van der Waals surface area contributed by atoms with Gasteiger partial charge in [-0.2, -0.15) is 0 Å². The molecule has 1 fully saturated rings. The SMILES string of the molecule is Cc1ccc(C2=CC3(CCN(OC(=O)Nc4ccc(C(C)(C)C)cc4)CC3)ON2)cc1. The maximum absolute atomic E-state index is 12.3. The smallest absolute Gasteiger partial charge is 0.351 e. The van der Waals surface area contributed by atoms with Crippen molar-refractivity contribution in [1.82, 2.24) is 10.5 Å². The Labute approximate surface area is 184 Å². The summed E-state index contributed by atoms with van der Waals surface area (Å²) in [5.74, 6) is 0. The Morgan fingerprint density at radius 1 is 1.06 bits per heavy atom. The van der Waals surface area contributed by atoms with E-state index in [1.807, 2.05) is 24.3 Å². The number of benzene rings is 2. The van der Waals surface area contributed by atoms with Gasteiger partial charge in [0.2, 0.25) is 0 Å². The molecule has 2 aromatic carbocycles. The number of rotatable bonds is 3. The number of piperidine rings is 1. The average molecular weight is 422 g/mol. The number of hydroxylamine groups is 3. The number of carbonyl (C=O) groups excluding carboxylic acids is 1. The molecular formula is C25H31N3O3. The Morgan fingerprint density at radius 3 is 2.32 bits per heavy atom. The molecule has 2 aliphatic heterocycles. The molecule has 6 heteroatoms. The van der Waals surface area contributed by atoms with Crippen LogP contribution in [0.1, 0.15) is 50.3 Å². The molecule has 0 aromatic heterocycles. The number of hydrogen-bond acceptors (Lipinski definition) is 5. The standard InChI is InChI=1S/C25H31N3O3/c1-18-5-7-19(8-6-18)22-17-25(31-27-22)13-15-28(16-14-25)30-23(29)26-21-11-9-20(10-12-21)24(2,3)4/h5-12,17,27H,13-16H2,1-4H3,(H,26,29). The maximum Gasteiger partial charge on any atom is 0.430 e. The van der Waals surface area contributed by atoms with Gasteiger partial charge in [0.1, 0.15) is 5.60 Å². The first-order valence-corrected chi connectivity index (χ1v) is 10.8. The molecule has 2 heterocycles. The molecule has 0 bridgehead atoms. The molecule has 1 spiro atoms. The van der Waals surface area contributed by atoms with Gasteiger partial charge in [-0.1, -0.05) is 62.7 Å². The molecule has 31 heavy (non-hydrogen) atoms. The number of anilines is 1. The zero-order valence-corrected chi connectivity index (χ0v) is 18.7. The van der Waals surface area contributed by atoms with Gasteiger partial charge < -0.3 is 4.84 Å². The first kappa shape index (κ1) is 21.4. The molecule has 1 amide bonds. The van der Waals surface area contributed by atoms with Gasteiger partial charge in [0.25, 0.3) is 0 Å². The van der Waals surface area contributed by atoms with E-state index in [1.165, 1.54) is 11.1 Å². The second-order valence-corrected chi connectivity index (χ2v) is 9.45. The van der Waals surface area contributed by atoms with E-state index in [9.17, 15) is 4.79 Å². The summed E-state index contributed by atoms with van der Waals surface area (Å²) in [4.78, 5) is 23.8. The van der Waals surface area contributed by atoms with E-state index in [4.69, 9.17) is 9.68 Å². The Bertz CT molecular complexity index is 951. The van der Waals surface area contributed by atoms with Crippen molar-refractivity contribution < 1.29 is 14.5 Å². The van der Waals surface area contributed by atoms with Crippen molar-refractivity contribution in [2.75, 3.05) is 18.4 Å². The van der Waals surface area contributed by atoms with Crippen LogP contribution in [0.25, 0.3) is 5.70 Å². The van der Waals surface area contributed by atoms with Crippen LogP contribution in [0, 0.1) is 6.92 Å². The van der Waals surface area contributed by atoms with Crippen LogP contribution in [0.2, 0.25) is 0 Å². The van der Waals surface area contributed by atoms with Crippen LogP contribution in [0.5, 0.6) is 0 Å². The summed E-state index contributed by atoms with van der Waals surface area (Å²) in [6, 6.07) is 16.2. The van der Waals surface area contributed by atoms with Gasteiger partial charge in [0.15, 0.2) is 0 Å². The van der Waals surface area contributed by atoms with Crippen molar-refractivity contribution >= 4 is 17.5 Å². The summed E-state index contributed by atoms with van der Waals surface area (Å²) in [5.41, 5.74) is 8.06. The number of aryl methyl sites for hydroxylation is 1. The minimum absolute atomic E-state index is 0.0771. The molecule has 2 aliphatic rings. The highest BCUT2D eigenvalue weighted by Gasteiger charge is 2.39. The minimum Gasteiger partial charge on any atom is -0.351 e. The molecule has 0 saturated carbocycles. The van der Waals surface area contributed by atoms with Crippen LogP contribution in [0.3, 0.4) is 0 Å². The lowest BCUT2D eigenvalue weighted by molar-refractivity contribution is -0.153. The van der Waals surface area contributed by atoms with E-state index in [-0.39, 0.29) is 11.0 Å². The Hall–Kier alpha value is -2.83. The lowest BCUT2D eigenvalue weighted by Gasteiger charge is -2.35. The number of nitrogens with zero attached hydrogens (tertiary/aromatic N) is 1. The van der Waals surface area contributed by atoms with E-state index in [2.05, 4.69) is 68.8 Å². The average Bonchev–Trinajstić information content (AvgIpc) is 3.14. The van der Waals surface area contributed by atoms with Crippen molar-refractivity contribution in [3.8, 4) is 0 Å². The van der Waals surface area contributed by atoms with Crippen molar-refractivity contribution in [3.05, 3.63) is 71.3 Å². The van der Waals surface area contributed by atoms with E-state index >= 15 is 0 Å². The Kier molecular flexibility index (Phi) is 5.77. The molecule has 0 aliphatic carbocycles. The van der Waals surface area contributed by atoms with Crippen LogP contribution in [-0.2, 0) is 15.1 Å². The predicted octanol–water partition coefficient (Wildman–Crippen LogP) is 5.17. The second kappa shape index (κ2) is 8.36.